The molecule has 0 bridgehead atoms. The van der Waals surface area contributed by atoms with Crippen LogP contribution in [0, 0.1) is 17.7 Å². The molecule has 2 N–H and O–H groups in total. The first kappa shape index (κ1) is 11.0. The van der Waals surface area contributed by atoms with E-state index >= 15 is 0 Å². The van der Waals surface area contributed by atoms with Crippen molar-refractivity contribution in [1.29, 1.82) is 0 Å². The van der Waals surface area contributed by atoms with E-state index in [1.54, 1.807) is 19.1 Å². The van der Waals surface area contributed by atoms with E-state index < -0.39 is 0 Å². The van der Waals surface area contributed by atoms with Gasteiger partial charge in [0.1, 0.15) is 5.82 Å². The third-order valence-electron chi connectivity index (χ3n) is 1.86. The van der Waals surface area contributed by atoms with Crippen molar-refractivity contribution in [3.8, 4) is 11.8 Å². The van der Waals surface area contributed by atoms with Crippen LogP contribution in [0.4, 0.5) is 4.39 Å². The van der Waals surface area contributed by atoms with Gasteiger partial charge in [-0.15, -0.1) is 11.8 Å². The van der Waals surface area contributed by atoms with Crippen molar-refractivity contribution >= 4 is 11.6 Å². The normalized spacial score (nSPS) is 11.7. The van der Waals surface area contributed by atoms with Gasteiger partial charge in [-0.25, -0.2) is 4.39 Å². The van der Waals surface area contributed by atoms with Crippen molar-refractivity contribution in [1.82, 2.24) is 0 Å². The van der Waals surface area contributed by atoms with Crippen LogP contribution in [-0.4, -0.2) is 0 Å². The van der Waals surface area contributed by atoms with Crippen LogP contribution in [0.5, 0.6) is 0 Å². The number of rotatable bonds is 2. The van der Waals surface area contributed by atoms with Crippen LogP contribution in [0.25, 0.3) is 0 Å². The Morgan fingerprint density at radius 3 is 2.86 bits per heavy atom. The molecular formula is C11H11ClFN. The molecule has 1 atom stereocenters. The van der Waals surface area contributed by atoms with Crippen molar-refractivity contribution < 1.29 is 4.39 Å². The molecule has 0 fully saturated rings. The maximum atomic E-state index is 13.3. The molecule has 0 heterocycles. The quantitative estimate of drug-likeness (QED) is 0.748. The van der Waals surface area contributed by atoms with Gasteiger partial charge in [-0.1, -0.05) is 17.7 Å². The lowest BCUT2D eigenvalue weighted by molar-refractivity contribution is 0.585. The standard InChI is InChI=1S/C11H11ClFN/c1-2-3-4-11(14)9-6-5-8(12)7-10(9)13/h5-7,11H,4,14H2,1H3. The molecule has 0 spiro atoms. The first-order valence-corrected chi connectivity index (χ1v) is 4.63. The highest BCUT2D eigenvalue weighted by Gasteiger charge is 2.10. The molecule has 0 aliphatic carbocycles. The number of benzene rings is 1. The Hall–Kier alpha value is -1.04. The van der Waals surface area contributed by atoms with Gasteiger partial charge < -0.3 is 5.73 Å². The predicted molar refractivity (Wildman–Crippen MR) is 56.4 cm³/mol. The Balaban J connectivity index is 2.88. The summed E-state index contributed by atoms with van der Waals surface area (Å²) >= 11 is 5.62. The molecule has 1 aromatic carbocycles. The number of hydrogen-bond acceptors (Lipinski definition) is 1. The molecule has 1 nitrogen and oxygen atoms in total. The van der Waals surface area contributed by atoms with Gasteiger partial charge in [0, 0.05) is 23.0 Å². The summed E-state index contributed by atoms with van der Waals surface area (Å²) in [6, 6.07) is 4.09. The molecule has 0 aromatic heterocycles. The molecule has 74 valence electrons. The zero-order chi connectivity index (χ0) is 10.6. The van der Waals surface area contributed by atoms with Crippen LogP contribution in [0.3, 0.4) is 0 Å². The van der Waals surface area contributed by atoms with Crippen LogP contribution >= 0.6 is 11.6 Å². The zero-order valence-corrected chi connectivity index (χ0v) is 8.61. The maximum Gasteiger partial charge on any atom is 0.129 e. The van der Waals surface area contributed by atoms with Gasteiger partial charge in [0.05, 0.1) is 0 Å². The summed E-state index contributed by atoms with van der Waals surface area (Å²) in [4.78, 5) is 0. The second kappa shape index (κ2) is 4.99. The lowest BCUT2D eigenvalue weighted by Crippen LogP contribution is -2.11. The molecule has 14 heavy (non-hydrogen) atoms. The van der Waals surface area contributed by atoms with Crippen LogP contribution in [0.1, 0.15) is 24.9 Å². The summed E-state index contributed by atoms with van der Waals surface area (Å²) in [5.41, 5.74) is 6.20. The third kappa shape index (κ3) is 2.73. The van der Waals surface area contributed by atoms with Crippen LogP contribution in [0.2, 0.25) is 5.02 Å². The summed E-state index contributed by atoms with van der Waals surface area (Å²) in [5, 5.41) is 0.375. The fraction of sp³-hybridized carbons (Fsp3) is 0.273. The molecule has 3 heteroatoms. The number of halogens is 2. The summed E-state index contributed by atoms with van der Waals surface area (Å²) in [5.74, 6) is 5.16. The highest BCUT2D eigenvalue weighted by atomic mass is 35.5. The van der Waals surface area contributed by atoms with E-state index in [0.29, 0.717) is 17.0 Å². The maximum absolute atomic E-state index is 13.3. The Kier molecular flexibility index (Phi) is 3.94. The van der Waals surface area contributed by atoms with E-state index in [0.717, 1.165) is 0 Å². The summed E-state index contributed by atoms with van der Waals surface area (Å²) in [7, 11) is 0. The smallest absolute Gasteiger partial charge is 0.129 e. The van der Waals surface area contributed by atoms with E-state index in [1.807, 2.05) is 0 Å². The highest BCUT2D eigenvalue weighted by Crippen LogP contribution is 2.20. The molecule has 1 aromatic rings. The predicted octanol–water partition coefficient (Wildman–Crippen LogP) is 2.89. The van der Waals surface area contributed by atoms with E-state index in [2.05, 4.69) is 11.8 Å². The average Bonchev–Trinajstić information content (AvgIpc) is 2.14. The second-order valence-electron chi connectivity index (χ2n) is 2.90. The van der Waals surface area contributed by atoms with Gasteiger partial charge in [0.2, 0.25) is 0 Å². The van der Waals surface area contributed by atoms with Crippen molar-refractivity contribution in [3.05, 3.63) is 34.6 Å². The summed E-state index contributed by atoms with van der Waals surface area (Å²) in [6.45, 7) is 1.73. The Morgan fingerprint density at radius 1 is 1.57 bits per heavy atom. The SMILES string of the molecule is CC#CCC(N)c1ccc(Cl)cc1F. The minimum Gasteiger partial charge on any atom is -0.323 e. The molecule has 1 unspecified atom stereocenters. The fourth-order valence-electron chi connectivity index (χ4n) is 1.12. The monoisotopic (exact) mass is 211 g/mol. The largest absolute Gasteiger partial charge is 0.323 e. The van der Waals surface area contributed by atoms with Crippen LogP contribution < -0.4 is 5.73 Å². The fourth-order valence-corrected chi connectivity index (χ4v) is 1.28. The van der Waals surface area contributed by atoms with Crippen LogP contribution in [-0.2, 0) is 0 Å². The minimum absolute atomic E-state index is 0.372. The lowest BCUT2D eigenvalue weighted by atomic mass is 10.0. The Bertz CT molecular complexity index is 379. The topological polar surface area (TPSA) is 26.0 Å². The van der Waals surface area contributed by atoms with E-state index in [1.165, 1.54) is 6.07 Å². The molecule has 1 rings (SSSR count). The molecule has 0 saturated heterocycles. The summed E-state index contributed by atoms with van der Waals surface area (Å²) in [6.07, 6.45) is 0.453. The van der Waals surface area contributed by atoms with Crippen molar-refractivity contribution in [2.45, 2.75) is 19.4 Å². The third-order valence-corrected chi connectivity index (χ3v) is 2.10. The van der Waals surface area contributed by atoms with E-state index in [4.69, 9.17) is 17.3 Å². The van der Waals surface area contributed by atoms with Crippen molar-refractivity contribution in [2.24, 2.45) is 5.73 Å². The molecular weight excluding hydrogens is 201 g/mol. The van der Waals surface area contributed by atoms with Gasteiger partial charge in [0.25, 0.3) is 0 Å². The van der Waals surface area contributed by atoms with Gasteiger partial charge >= 0.3 is 0 Å². The molecule has 0 aliphatic rings. The highest BCUT2D eigenvalue weighted by molar-refractivity contribution is 6.30. The average molecular weight is 212 g/mol. The first-order valence-electron chi connectivity index (χ1n) is 4.25. The van der Waals surface area contributed by atoms with E-state index in [9.17, 15) is 4.39 Å². The van der Waals surface area contributed by atoms with E-state index in [-0.39, 0.29) is 11.9 Å². The van der Waals surface area contributed by atoms with Gasteiger partial charge in [0.15, 0.2) is 0 Å². The molecule has 0 radical (unpaired) electrons. The van der Waals surface area contributed by atoms with Gasteiger partial charge in [-0.05, 0) is 19.1 Å². The molecule has 0 aliphatic heterocycles. The lowest BCUT2D eigenvalue weighted by Gasteiger charge is -2.09. The summed E-state index contributed by atoms with van der Waals surface area (Å²) < 4.78 is 13.3. The number of hydrogen-bond donors (Lipinski definition) is 1. The Labute approximate surface area is 88.1 Å². The zero-order valence-electron chi connectivity index (χ0n) is 7.85. The Morgan fingerprint density at radius 2 is 2.29 bits per heavy atom. The first-order chi connectivity index (χ1) is 6.65. The van der Waals surface area contributed by atoms with Crippen LogP contribution in [0.15, 0.2) is 18.2 Å². The number of nitrogens with two attached hydrogens (primary N) is 1. The minimum atomic E-state index is -0.389. The van der Waals surface area contributed by atoms with Gasteiger partial charge in [-0.2, -0.15) is 0 Å². The molecule has 0 amide bonds. The van der Waals surface area contributed by atoms with Crippen molar-refractivity contribution in [2.75, 3.05) is 0 Å². The van der Waals surface area contributed by atoms with Gasteiger partial charge in [-0.3, -0.25) is 0 Å². The van der Waals surface area contributed by atoms with Crippen molar-refractivity contribution in [3.63, 3.8) is 0 Å². The molecule has 0 saturated carbocycles. The second-order valence-corrected chi connectivity index (χ2v) is 3.34.